The number of rotatable bonds is 4. The molecule has 0 aromatic heterocycles. The Bertz CT molecular complexity index is 473. The van der Waals surface area contributed by atoms with Gasteiger partial charge in [0.1, 0.15) is 5.75 Å². The van der Waals surface area contributed by atoms with Crippen LogP contribution < -0.4 is 0 Å². The fraction of sp³-hybridized carbons (Fsp3) is 0.500. The van der Waals surface area contributed by atoms with E-state index in [4.69, 9.17) is 4.74 Å². The number of hydrogen-bond donors (Lipinski definition) is 1. The highest BCUT2D eigenvalue weighted by Crippen LogP contribution is 2.25. The molecule has 1 fully saturated rings. The second-order valence-corrected chi connectivity index (χ2v) is 6.42. The van der Waals surface area contributed by atoms with Crippen LogP contribution >= 0.6 is 31.9 Å². The lowest BCUT2D eigenvalue weighted by Crippen LogP contribution is -2.41. The average Bonchev–Trinajstić information content (AvgIpc) is 2.47. The second-order valence-electron chi connectivity index (χ2n) is 4.71. The zero-order valence-electron chi connectivity index (χ0n) is 11.0. The molecule has 1 aromatic carbocycles. The number of phenols is 1. The van der Waals surface area contributed by atoms with Crippen molar-refractivity contribution in [2.24, 2.45) is 0 Å². The summed E-state index contributed by atoms with van der Waals surface area (Å²) in [6.07, 6.45) is 1.91. The Hall–Kier alpha value is -0.590. The van der Waals surface area contributed by atoms with Gasteiger partial charge in [-0.1, -0.05) is 31.9 Å². The van der Waals surface area contributed by atoms with E-state index in [0.29, 0.717) is 25.3 Å². The van der Waals surface area contributed by atoms with Crippen molar-refractivity contribution in [3.63, 3.8) is 0 Å². The molecular weight excluding hydrogens is 390 g/mol. The van der Waals surface area contributed by atoms with Gasteiger partial charge in [0.2, 0.25) is 0 Å². The summed E-state index contributed by atoms with van der Waals surface area (Å²) in [7, 11) is 0. The van der Waals surface area contributed by atoms with E-state index in [1.54, 1.807) is 17.0 Å². The minimum Gasteiger partial charge on any atom is -0.507 e. The highest BCUT2D eigenvalue weighted by molar-refractivity contribution is 9.10. The fourth-order valence-electron chi connectivity index (χ4n) is 2.29. The van der Waals surface area contributed by atoms with Gasteiger partial charge in [0.05, 0.1) is 18.3 Å². The lowest BCUT2D eigenvalue weighted by atomic mass is 10.1. The first-order valence-electron chi connectivity index (χ1n) is 6.57. The van der Waals surface area contributed by atoms with Crippen LogP contribution in [0.3, 0.4) is 0 Å². The van der Waals surface area contributed by atoms with Gasteiger partial charge in [-0.25, -0.2) is 0 Å². The molecule has 1 aromatic rings. The van der Waals surface area contributed by atoms with Crippen molar-refractivity contribution >= 4 is 37.8 Å². The maximum absolute atomic E-state index is 12.4. The Morgan fingerprint density at radius 1 is 1.40 bits per heavy atom. The van der Waals surface area contributed by atoms with E-state index in [0.717, 1.165) is 22.6 Å². The number of benzene rings is 1. The quantitative estimate of drug-likeness (QED) is 0.781. The normalized spacial score (nSPS) is 16.4. The van der Waals surface area contributed by atoms with Crippen LogP contribution in [0.15, 0.2) is 22.7 Å². The minimum absolute atomic E-state index is 0.0239. The summed E-state index contributed by atoms with van der Waals surface area (Å²) in [6, 6.07) is 4.90. The second kappa shape index (κ2) is 7.43. The predicted molar refractivity (Wildman–Crippen MR) is 84.5 cm³/mol. The molecule has 1 N–H and O–H groups in total. The average molecular weight is 407 g/mol. The SMILES string of the molecule is O=C(c1cc(Br)ccc1O)N1CCC(OCCBr)CC1. The van der Waals surface area contributed by atoms with E-state index >= 15 is 0 Å². The third-order valence-corrected chi connectivity index (χ3v) is 4.17. The van der Waals surface area contributed by atoms with Crippen LogP contribution in [-0.4, -0.2) is 47.0 Å². The molecule has 0 atom stereocenters. The number of piperidine rings is 1. The zero-order chi connectivity index (χ0) is 14.5. The number of carbonyl (C=O) groups excluding carboxylic acids is 1. The largest absolute Gasteiger partial charge is 0.507 e. The standard InChI is InChI=1S/C14H17Br2NO3/c15-5-8-20-11-3-6-17(7-4-11)14(19)12-9-10(16)1-2-13(12)18/h1-2,9,11,18H,3-8H2. The van der Waals surface area contributed by atoms with Crippen molar-refractivity contribution in [2.45, 2.75) is 18.9 Å². The summed E-state index contributed by atoms with van der Waals surface area (Å²) in [4.78, 5) is 14.2. The first-order valence-corrected chi connectivity index (χ1v) is 8.48. The number of halogens is 2. The van der Waals surface area contributed by atoms with E-state index in [1.165, 1.54) is 6.07 Å². The summed E-state index contributed by atoms with van der Waals surface area (Å²) in [5, 5.41) is 10.6. The first-order chi connectivity index (χ1) is 9.61. The number of aromatic hydroxyl groups is 1. The number of carbonyl (C=O) groups is 1. The van der Waals surface area contributed by atoms with E-state index in [2.05, 4.69) is 31.9 Å². The monoisotopic (exact) mass is 405 g/mol. The predicted octanol–water partition coefficient (Wildman–Crippen LogP) is 3.17. The molecule has 20 heavy (non-hydrogen) atoms. The fourth-order valence-corrected chi connectivity index (χ4v) is 2.83. The maximum Gasteiger partial charge on any atom is 0.257 e. The Morgan fingerprint density at radius 3 is 2.75 bits per heavy atom. The Kier molecular flexibility index (Phi) is 5.86. The maximum atomic E-state index is 12.4. The van der Waals surface area contributed by atoms with Crippen molar-refractivity contribution in [3.8, 4) is 5.75 Å². The van der Waals surface area contributed by atoms with Gasteiger partial charge in [-0.2, -0.15) is 0 Å². The molecule has 0 radical (unpaired) electrons. The molecule has 0 aliphatic carbocycles. The Morgan fingerprint density at radius 2 is 2.10 bits per heavy atom. The first kappa shape index (κ1) is 15.8. The topological polar surface area (TPSA) is 49.8 Å². The summed E-state index contributed by atoms with van der Waals surface area (Å²) < 4.78 is 6.45. The minimum atomic E-state index is -0.122. The van der Waals surface area contributed by atoms with Crippen molar-refractivity contribution in [1.82, 2.24) is 4.90 Å². The third kappa shape index (κ3) is 3.96. The highest BCUT2D eigenvalue weighted by Gasteiger charge is 2.25. The van der Waals surface area contributed by atoms with Crippen LogP contribution in [0.5, 0.6) is 5.75 Å². The molecule has 2 rings (SSSR count). The van der Waals surface area contributed by atoms with Crippen LogP contribution in [0.1, 0.15) is 23.2 Å². The molecular formula is C14H17Br2NO3. The number of nitrogens with zero attached hydrogens (tertiary/aromatic N) is 1. The molecule has 1 amide bonds. The number of hydrogen-bond acceptors (Lipinski definition) is 3. The molecule has 1 aliphatic rings. The smallest absolute Gasteiger partial charge is 0.257 e. The molecule has 1 saturated heterocycles. The summed E-state index contributed by atoms with van der Waals surface area (Å²) >= 11 is 6.66. The molecule has 4 nitrogen and oxygen atoms in total. The number of alkyl halides is 1. The molecule has 110 valence electrons. The Labute approximate surface area is 135 Å². The summed E-state index contributed by atoms with van der Waals surface area (Å²) in [5.74, 6) is -0.0985. The van der Waals surface area contributed by atoms with Crippen LogP contribution in [0, 0.1) is 0 Å². The van der Waals surface area contributed by atoms with E-state index in [1.807, 2.05) is 0 Å². The number of likely N-dealkylation sites (tertiary alicyclic amines) is 1. The molecule has 1 aliphatic heterocycles. The van der Waals surface area contributed by atoms with Gasteiger partial charge in [0.25, 0.3) is 5.91 Å². The van der Waals surface area contributed by atoms with E-state index in [9.17, 15) is 9.90 Å². The van der Waals surface area contributed by atoms with Crippen LogP contribution in [0.2, 0.25) is 0 Å². The van der Waals surface area contributed by atoms with Gasteiger partial charge in [0, 0.05) is 22.9 Å². The molecule has 0 bridgehead atoms. The van der Waals surface area contributed by atoms with Crippen molar-refractivity contribution in [1.29, 1.82) is 0 Å². The van der Waals surface area contributed by atoms with Gasteiger partial charge in [-0.05, 0) is 31.0 Å². The van der Waals surface area contributed by atoms with Crippen molar-refractivity contribution in [3.05, 3.63) is 28.2 Å². The van der Waals surface area contributed by atoms with Gasteiger partial charge in [-0.15, -0.1) is 0 Å². The highest BCUT2D eigenvalue weighted by atomic mass is 79.9. The molecule has 1 heterocycles. The van der Waals surface area contributed by atoms with Crippen molar-refractivity contribution < 1.29 is 14.6 Å². The van der Waals surface area contributed by atoms with Crippen LogP contribution in [0.4, 0.5) is 0 Å². The number of ether oxygens (including phenoxy) is 1. The van der Waals surface area contributed by atoms with E-state index < -0.39 is 0 Å². The van der Waals surface area contributed by atoms with Gasteiger partial charge in [0.15, 0.2) is 0 Å². The molecule has 0 spiro atoms. The summed E-state index contributed by atoms with van der Waals surface area (Å²) in [6.45, 7) is 2.03. The number of phenolic OH excluding ortho intramolecular Hbond substituents is 1. The number of amides is 1. The van der Waals surface area contributed by atoms with Gasteiger partial charge >= 0.3 is 0 Å². The van der Waals surface area contributed by atoms with Crippen LogP contribution in [-0.2, 0) is 4.74 Å². The van der Waals surface area contributed by atoms with Crippen LogP contribution in [0.25, 0.3) is 0 Å². The summed E-state index contributed by atoms with van der Waals surface area (Å²) in [5.41, 5.74) is 0.346. The van der Waals surface area contributed by atoms with Crippen molar-refractivity contribution in [2.75, 3.05) is 25.0 Å². The lowest BCUT2D eigenvalue weighted by Gasteiger charge is -2.32. The molecule has 0 saturated carbocycles. The van der Waals surface area contributed by atoms with Gasteiger partial charge < -0.3 is 14.7 Å². The molecule has 0 unspecified atom stereocenters. The lowest BCUT2D eigenvalue weighted by molar-refractivity contribution is 0.0159. The zero-order valence-corrected chi connectivity index (χ0v) is 14.2. The van der Waals surface area contributed by atoms with E-state index in [-0.39, 0.29) is 17.8 Å². The third-order valence-electron chi connectivity index (χ3n) is 3.35. The Balaban J connectivity index is 1.96. The van der Waals surface area contributed by atoms with Gasteiger partial charge in [-0.3, -0.25) is 4.79 Å². The molecule has 6 heteroatoms.